The maximum absolute atomic E-state index is 13.5. The Morgan fingerprint density at radius 3 is 2.46 bits per heavy atom. The predicted octanol–water partition coefficient (Wildman–Crippen LogP) is 2.65. The summed E-state index contributed by atoms with van der Waals surface area (Å²) < 4.78 is 38.9. The number of nitrogens with one attached hydrogen (secondary N) is 1. The summed E-state index contributed by atoms with van der Waals surface area (Å²) in [5.41, 5.74) is -0.232. The molecule has 2 aromatic rings. The van der Waals surface area contributed by atoms with Gasteiger partial charge in [0, 0.05) is 31.2 Å². The van der Waals surface area contributed by atoms with Gasteiger partial charge in [0.2, 0.25) is 15.8 Å². The van der Waals surface area contributed by atoms with Crippen LogP contribution in [0.4, 0.5) is 10.5 Å². The normalized spacial score (nSPS) is 15.1. The van der Waals surface area contributed by atoms with E-state index in [4.69, 9.17) is 21.1 Å². The molecule has 0 aliphatic carbocycles. The molecule has 1 aliphatic rings. The monoisotopic (exact) mass is 555 g/mol. The minimum atomic E-state index is -3.38. The number of carbonyl (C=O) groups is 1. The minimum absolute atomic E-state index is 0.00271. The lowest BCUT2D eigenvalue weighted by molar-refractivity contribution is 0.0520. The minimum Gasteiger partial charge on any atom is -0.484 e. The van der Waals surface area contributed by atoms with Gasteiger partial charge in [0.05, 0.1) is 23.7 Å². The summed E-state index contributed by atoms with van der Waals surface area (Å²) >= 11 is 6.10. The smallest absolute Gasteiger partial charge is 0.407 e. The first-order valence-corrected chi connectivity index (χ1v) is 13.9. The molecule has 1 aliphatic heterocycles. The van der Waals surface area contributed by atoms with Gasteiger partial charge in [-0.3, -0.25) is 4.79 Å². The first-order chi connectivity index (χ1) is 17.3. The Morgan fingerprint density at radius 2 is 1.86 bits per heavy atom. The summed E-state index contributed by atoms with van der Waals surface area (Å²) in [7, 11) is -3.38. The van der Waals surface area contributed by atoms with E-state index in [0.717, 1.165) is 0 Å². The molecular formula is C24H34ClN5O6S. The number of hydrogen-bond donors (Lipinski definition) is 1. The van der Waals surface area contributed by atoms with E-state index in [1.54, 1.807) is 58.9 Å². The first kappa shape index (κ1) is 28.7. The number of piperazine rings is 1. The Hall–Kier alpha value is -2.83. The molecule has 11 nitrogen and oxygen atoms in total. The third-order valence-electron chi connectivity index (χ3n) is 5.52. The van der Waals surface area contributed by atoms with Gasteiger partial charge in [0.15, 0.2) is 0 Å². The van der Waals surface area contributed by atoms with Crippen LogP contribution < -0.4 is 20.5 Å². The van der Waals surface area contributed by atoms with E-state index in [2.05, 4.69) is 10.4 Å². The molecule has 3 rings (SSSR count). The summed E-state index contributed by atoms with van der Waals surface area (Å²) in [6.45, 7) is 9.97. The van der Waals surface area contributed by atoms with Crippen LogP contribution in [-0.2, 0) is 14.8 Å². The molecule has 0 atom stereocenters. The Kier molecular flexibility index (Phi) is 9.09. The highest BCUT2D eigenvalue weighted by Crippen LogP contribution is 2.26. The number of benzene rings is 1. The van der Waals surface area contributed by atoms with Crippen molar-refractivity contribution in [3.05, 3.63) is 45.8 Å². The van der Waals surface area contributed by atoms with E-state index < -0.39 is 32.5 Å². The van der Waals surface area contributed by atoms with Gasteiger partial charge in [0.25, 0.3) is 0 Å². The number of alkyl carbamates (subject to hydrolysis) is 1. The van der Waals surface area contributed by atoms with E-state index in [1.165, 1.54) is 15.2 Å². The number of ether oxygens (including phenoxy) is 2. The SMILES string of the molecule is CC(C)S(=O)(=O)N1CCN(c2cnn(-c3cccc(Cl)c3)c(=O)c2OCCNC(=O)OC(C)(C)C)CC1. The fourth-order valence-corrected chi connectivity index (χ4v) is 5.14. The maximum Gasteiger partial charge on any atom is 0.407 e. The number of hydrogen-bond acceptors (Lipinski definition) is 8. The number of amides is 1. The van der Waals surface area contributed by atoms with Gasteiger partial charge in [0.1, 0.15) is 17.9 Å². The zero-order valence-electron chi connectivity index (χ0n) is 21.7. The molecular weight excluding hydrogens is 522 g/mol. The van der Waals surface area contributed by atoms with Gasteiger partial charge < -0.3 is 19.7 Å². The summed E-state index contributed by atoms with van der Waals surface area (Å²) in [6.07, 6.45) is 0.927. The van der Waals surface area contributed by atoms with Gasteiger partial charge in [-0.05, 0) is 52.8 Å². The summed E-state index contributed by atoms with van der Waals surface area (Å²) in [5.74, 6) is 0.0427. The molecule has 1 fully saturated rings. The van der Waals surface area contributed by atoms with E-state index in [0.29, 0.717) is 29.5 Å². The first-order valence-electron chi connectivity index (χ1n) is 12.0. The van der Waals surface area contributed by atoms with Crippen molar-refractivity contribution in [3.8, 4) is 11.4 Å². The van der Waals surface area contributed by atoms with Crippen LogP contribution in [0.1, 0.15) is 34.6 Å². The van der Waals surface area contributed by atoms with Crippen molar-refractivity contribution >= 4 is 33.4 Å². The molecule has 13 heteroatoms. The van der Waals surface area contributed by atoms with E-state index in [9.17, 15) is 18.0 Å². The lowest BCUT2D eigenvalue weighted by Crippen LogP contribution is -2.50. The molecule has 204 valence electrons. The van der Waals surface area contributed by atoms with Gasteiger partial charge in [-0.25, -0.2) is 13.2 Å². The molecule has 37 heavy (non-hydrogen) atoms. The van der Waals surface area contributed by atoms with Crippen LogP contribution in [0.2, 0.25) is 5.02 Å². The fourth-order valence-electron chi connectivity index (χ4n) is 3.68. The molecule has 0 spiro atoms. The zero-order chi connectivity index (χ0) is 27.4. The second-order valence-corrected chi connectivity index (χ2v) is 12.7. The highest BCUT2D eigenvalue weighted by atomic mass is 35.5. The molecule has 1 saturated heterocycles. The molecule has 1 N–H and O–H groups in total. The molecule has 1 aromatic heterocycles. The van der Waals surface area contributed by atoms with Gasteiger partial charge >= 0.3 is 11.7 Å². The predicted molar refractivity (Wildman–Crippen MR) is 142 cm³/mol. The van der Waals surface area contributed by atoms with Crippen molar-refractivity contribution in [2.24, 2.45) is 0 Å². The number of anilines is 1. The number of nitrogens with zero attached hydrogens (tertiary/aromatic N) is 4. The van der Waals surface area contributed by atoms with Crippen molar-refractivity contribution in [1.29, 1.82) is 0 Å². The van der Waals surface area contributed by atoms with Crippen molar-refractivity contribution in [3.63, 3.8) is 0 Å². The van der Waals surface area contributed by atoms with Crippen molar-refractivity contribution in [1.82, 2.24) is 19.4 Å². The third-order valence-corrected chi connectivity index (χ3v) is 8.03. The highest BCUT2D eigenvalue weighted by molar-refractivity contribution is 7.89. The molecule has 0 bridgehead atoms. The molecule has 1 amide bonds. The number of carbonyl (C=O) groups excluding carboxylic acids is 1. The topological polar surface area (TPSA) is 123 Å². The molecule has 0 radical (unpaired) electrons. The lowest BCUT2D eigenvalue weighted by Gasteiger charge is -2.36. The maximum atomic E-state index is 13.5. The van der Waals surface area contributed by atoms with Crippen molar-refractivity contribution < 1.29 is 22.7 Å². The lowest BCUT2D eigenvalue weighted by atomic mass is 10.2. The average molecular weight is 556 g/mol. The van der Waals surface area contributed by atoms with E-state index in [-0.39, 0.29) is 32.0 Å². The Morgan fingerprint density at radius 1 is 1.19 bits per heavy atom. The van der Waals surface area contributed by atoms with Crippen LogP contribution in [0.15, 0.2) is 35.3 Å². The molecule has 0 unspecified atom stereocenters. The summed E-state index contributed by atoms with van der Waals surface area (Å²) in [6, 6.07) is 6.70. The third kappa shape index (κ3) is 7.36. The van der Waals surface area contributed by atoms with E-state index in [1.807, 2.05) is 4.90 Å². The highest BCUT2D eigenvalue weighted by Gasteiger charge is 2.31. The second-order valence-electron chi connectivity index (χ2n) is 9.81. The summed E-state index contributed by atoms with van der Waals surface area (Å²) in [4.78, 5) is 27.3. The number of sulfonamides is 1. The van der Waals surface area contributed by atoms with Crippen molar-refractivity contribution in [2.45, 2.75) is 45.5 Å². The van der Waals surface area contributed by atoms with Gasteiger partial charge in [-0.2, -0.15) is 14.1 Å². The Labute approximate surface area is 222 Å². The largest absolute Gasteiger partial charge is 0.484 e. The van der Waals surface area contributed by atoms with Crippen LogP contribution >= 0.6 is 11.6 Å². The molecule has 1 aromatic carbocycles. The Bertz CT molecular complexity index is 1270. The summed E-state index contributed by atoms with van der Waals surface area (Å²) in [5, 5.41) is 6.85. The van der Waals surface area contributed by atoms with Crippen LogP contribution in [-0.4, -0.2) is 78.8 Å². The fraction of sp³-hybridized carbons (Fsp3) is 0.542. The van der Waals surface area contributed by atoms with Crippen LogP contribution in [0.3, 0.4) is 0 Å². The van der Waals surface area contributed by atoms with Crippen LogP contribution in [0, 0.1) is 0 Å². The van der Waals surface area contributed by atoms with Gasteiger partial charge in [-0.15, -0.1) is 0 Å². The van der Waals surface area contributed by atoms with Gasteiger partial charge in [-0.1, -0.05) is 17.7 Å². The molecule has 0 saturated carbocycles. The Balaban J connectivity index is 1.83. The van der Waals surface area contributed by atoms with Crippen LogP contribution in [0.25, 0.3) is 5.69 Å². The quantitative estimate of drug-likeness (QED) is 0.493. The second kappa shape index (κ2) is 11.7. The van der Waals surface area contributed by atoms with E-state index >= 15 is 0 Å². The van der Waals surface area contributed by atoms with Crippen molar-refractivity contribution in [2.75, 3.05) is 44.2 Å². The van der Waals surface area contributed by atoms with Crippen LogP contribution in [0.5, 0.6) is 5.75 Å². The number of halogens is 1. The standard InChI is InChI=1S/C24H34ClN5O6S/c1-17(2)37(33,34)29-12-10-28(11-13-29)20-16-27-30(19-8-6-7-18(25)15-19)22(31)21(20)35-14-9-26-23(32)36-24(3,4)5/h6-8,15-17H,9-14H2,1-5H3,(H,26,32). The average Bonchev–Trinajstić information content (AvgIpc) is 2.81. The number of rotatable bonds is 8. The zero-order valence-corrected chi connectivity index (χ0v) is 23.3. The number of aromatic nitrogens is 2. The molecule has 2 heterocycles.